The standard InChI is InChI=1S/C20H21N7O2S/c21-30(29)16-6-4-14(5-7-16)24-19-22-11-13-10-15-12-23-26-18(28)20(8-2-1-3-9-20)27(15)17(13)25-19/h4-7,10-12H,1-3,8-9,21H2,(H,26,28)(H,22,24,25). The molecule has 30 heavy (non-hydrogen) atoms. The first-order valence-electron chi connectivity index (χ1n) is 9.83. The molecule has 2 aliphatic rings. The zero-order chi connectivity index (χ0) is 20.7. The first kappa shape index (κ1) is 18.9. The topological polar surface area (TPSA) is 127 Å². The highest BCUT2D eigenvalue weighted by Crippen LogP contribution is 2.39. The molecule has 1 fully saturated rings. The summed E-state index contributed by atoms with van der Waals surface area (Å²) in [5, 5.41) is 13.5. The molecule has 1 unspecified atom stereocenters. The van der Waals surface area contributed by atoms with Gasteiger partial charge in [0, 0.05) is 17.3 Å². The highest BCUT2D eigenvalue weighted by molar-refractivity contribution is 7.82. The number of fused-ring (bicyclic) bond motifs is 4. The van der Waals surface area contributed by atoms with Gasteiger partial charge in [-0.05, 0) is 43.2 Å². The van der Waals surface area contributed by atoms with Crippen LogP contribution < -0.4 is 15.9 Å². The Bertz CT molecular complexity index is 1180. The van der Waals surface area contributed by atoms with Gasteiger partial charge in [0.1, 0.15) is 22.2 Å². The van der Waals surface area contributed by atoms with Crippen LogP contribution in [0.15, 0.2) is 46.5 Å². The number of anilines is 2. The molecule has 4 N–H and O–H groups in total. The van der Waals surface area contributed by atoms with Crippen molar-refractivity contribution in [1.29, 1.82) is 0 Å². The Morgan fingerprint density at radius 1 is 1.17 bits per heavy atom. The Balaban J connectivity index is 1.58. The molecular weight excluding hydrogens is 402 g/mol. The molecule has 1 atom stereocenters. The first-order chi connectivity index (χ1) is 14.6. The van der Waals surface area contributed by atoms with Gasteiger partial charge in [0.2, 0.25) is 5.95 Å². The van der Waals surface area contributed by atoms with E-state index in [1.165, 1.54) is 0 Å². The molecule has 1 aromatic carbocycles. The highest BCUT2D eigenvalue weighted by atomic mass is 32.2. The Hall–Kier alpha value is -3.11. The average molecular weight is 424 g/mol. The van der Waals surface area contributed by atoms with Gasteiger partial charge in [0.25, 0.3) is 5.91 Å². The lowest BCUT2D eigenvalue weighted by Gasteiger charge is -2.36. The lowest BCUT2D eigenvalue weighted by atomic mass is 9.80. The second-order valence-corrected chi connectivity index (χ2v) is 8.68. The van der Waals surface area contributed by atoms with Crippen molar-refractivity contribution in [2.24, 2.45) is 10.2 Å². The van der Waals surface area contributed by atoms with Crippen molar-refractivity contribution in [2.45, 2.75) is 42.5 Å². The molecule has 3 aromatic rings. The van der Waals surface area contributed by atoms with Crippen LogP contribution in [0, 0.1) is 0 Å². The van der Waals surface area contributed by atoms with Crippen LogP contribution in [0.5, 0.6) is 0 Å². The first-order valence-corrected chi connectivity index (χ1v) is 11.0. The van der Waals surface area contributed by atoms with Crippen molar-refractivity contribution in [2.75, 3.05) is 5.32 Å². The summed E-state index contributed by atoms with van der Waals surface area (Å²) in [5.41, 5.74) is 4.29. The lowest BCUT2D eigenvalue weighted by molar-refractivity contribution is -0.131. The van der Waals surface area contributed by atoms with E-state index in [1.54, 1.807) is 36.7 Å². The number of carbonyl (C=O) groups is 1. The van der Waals surface area contributed by atoms with Crippen molar-refractivity contribution in [1.82, 2.24) is 20.0 Å². The maximum Gasteiger partial charge on any atom is 0.266 e. The van der Waals surface area contributed by atoms with Gasteiger partial charge in [0.15, 0.2) is 0 Å². The minimum absolute atomic E-state index is 0.0896. The fraction of sp³-hybridized carbons (Fsp3) is 0.300. The Morgan fingerprint density at radius 3 is 2.67 bits per heavy atom. The second kappa shape index (κ2) is 7.29. The zero-order valence-electron chi connectivity index (χ0n) is 16.2. The summed E-state index contributed by atoms with van der Waals surface area (Å²) in [7, 11) is -1.52. The van der Waals surface area contributed by atoms with E-state index < -0.39 is 16.5 Å². The molecule has 0 bridgehead atoms. The van der Waals surface area contributed by atoms with Gasteiger partial charge in [-0.1, -0.05) is 19.3 Å². The van der Waals surface area contributed by atoms with Crippen LogP contribution >= 0.6 is 0 Å². The fourth-order valence-electron chi connectivity index (χ4n) is 4.37. The van der Waals surface area contributed by atoms with Gasteiger partial charge >= 0.3 is 0 Å². The van der Waals surface area contributed by atoms with Gasteiger partial charge in [-0.2, -0.15) is 10.1 Å². The van der Waals surface area contributed by atoms with E-state index >= 15 is 0 Å². The fourth-order valence-corrected chi connectivity index (χ4v) is 4.77. The van der Waals surface area contributed by atoms with Crippen molar-refractivity contribution in [3.8, 4) is 0 Å². The summed E-state index contributed by atoms with van der Waals surface area (Å²) in [6.45, 7) is 0. The maximum absolute atomic E-state index is 13.0. The van der Waals surface area contributed by atoms with E-state index in [9.17, 15) is 9.00 Å². The van der Waals surface area contributed by atoms with Crippen molar-refractivity contribution in [3.05, 3.63) is 42.2 Å². The highest BCUT2D eigenvalue weighted by Gasteiger charge is 2.44. The van der Waals surface area contributed by atoms with Crippen LogP contribution in [-0.2, 0) is 21.3 Å². The van der Waals surface area contributed by atoms with Crippen molar-refractivity contribution in [3.63, 3.8) is 0 Å². The Morgan fingerprint density at radius 2 is 1.93 bits per heavy atom. The third-order valence-corrected chi connectivity index (χ3v) is 6.54. The van der Waals surface area contributed by atoms with Gasteiger partial charge in [0.05, 0.1) is 16.8 Å². The smallest absolute Gasteiger partial charge is 0.266 e. The minimum Gasteiger partial charge on any atom is -0.324 e. The number of hydrogen-bond acceptors (Lipinski definition) is 6. The molecule has 3 heterocycles. The van der Waals surface area contributed by atoms with Crippen molar-refractivity contribution < 1.29 is 9.00 Å². The molecule has 10 heteroatoms. The number of amides is 1. The van der Waals surface area contributed by atoms with Gasteiger partial charge in [-0.3, -0.25) is 4.79 Å². The summed E-state index contributed by atoms with van der Waals surface area (Å²) < 4.78 is 13.4. The van der Waals surface area contributed by atoms with E-state index in [4.69, 9.17) is 10.1 Å². The molecule has 5 rings (SSSR count). The van der Waals surface area contributed by atoms with E-state index in [0.717, 1.165) is 48.9 Å². The van der Waals surface area contributed by atoms with Crippen LogP contribution in [0.2, 0.25) is 0 Å². The molecule has 0 saturated heterocycles. The molecule has 1 aliphatic carbocycles. The van der Waals surface area contributed by atoms with Crippen LogP contribution in [-0.4, -0.2) is 30.9 Å². The molecule has 1 amide bonds. The Kier molecular flexibility index (Phi) is 4.59. The molecule has 1 saturated carbocycles. The molecule has 2 aromatic heterocycles. The number of benzene rings is 1. The van der Waals surface area contributed by atoms with Gasteiger partial charge < -0.3 is 9.88 Å². The SMILES string of the molecule is NS(=O)c1ccc(Nc2ncc3cc4n(c3n2)C2(CCCCC2)C(=O)NN=C4)cc1. The van der Waals surface area contributed by atoms with Crippen LogP contribution in [0.25, 0.3) is 11.0 Å². The average Bonchev–Trinajstić information content (AvgIpc) is 3.06. The number of nitrogens with zero attached hydrogens (tertiary/aromatic N) is 4. The molecular formula is C20H21N7O2S. The molecule has 0 radical (unpaired) electrons. The monoisotopic (exact) mass is 423 g/mol. The van der Waals surface area contributed by atoms with Crippen LogP contribution in [0.3, 0.4) is 0 Å². The molecule has 1 spiro atoms. The van der Waals surface area contributed by atoms with Crippen molar-refractivity contribution >= 4 is 45.8 Å². The predicted octanol–water partition coefficient (Wildman–Crippen LogP) is 2.28. The normalized spacial score (nSPS) is 18.6. The third-order valence-electron chi connectivity index (χ3n) is 5.81. The number of rotatable bonds is 3. The van der Waals surface area contributed by atoms with E-state index in [0.29, 0.717) is 16.5 Å². The molecule has 1 aliphatic heterocycles. The minimum atomic E-state index is -1.52. The van der Waals surface area contributed by atoms with Gasteiger partial charge in [-0.15, -0.1) is 0 Å². The summed E-state index contributed by atoms with van der Waals surface area (Å²) in [6.07, 6.45) is 8.01. The number of hydrogen-bond donors (Lipinski definition) is 3. The van der Waals surface area contributed by atoms with Crippen LogP contribution in [0.4, 0.5) is 11.6 Å². The van der Waals surface area contributed by atoms with Crippen LogP contribution in [0.1, 0.15) is 37.8 Å². The van der Waals surface area contributed by atoms with E-state index in [1.807, 2.05) is 10.6 Å². The molecule has 154 valence electrons. The van der Waals surface area contributed by atoms with E-state index in [-0.39, 0.29) is 5.91 Å². The van der Waals surface area contributed by atoms with Gasteiger partial charge in [-0.25, -0.2) is 19.8 Å². The summed E-state index contributed by atoms with van der Waals surface area (Å²) in [4.78, 5) is 22.7. The number of nitrogens with two attached hydrogens (primary N) is 1. The summed E-state index contributed by atoms with van der Waals surface area (Å²) in [5.74, 6) is 0.325. The molecule has 9 nitrogen and oxygen atoms in total. The number of aromatic nitrogens is 3. The second-order valence-electron chi connectivity index (χ2n) is 7.62. The number of carbonyl (C=O) groups excluding carboxylic acids is 1. The zero-order valence-corrected chi connectivity index (χ0v) is 17.0. The number of hydrazone groups is 1. The summed E-state index contributed by atoms with van der Waals surface area (Å²) in [6, 6.07) is 8.89. The van der Waals surface area contributed by atoms with E-state index in [2.05, 4.69) is 20.8 Å². The number of nitrogens with one attached hydrogen (secondary N) is 2. The lowest BCUT2D eigenvalue weighted by Crippen LogP contribution is -2.48. The maximum atomic E-state index is 13.0. The predicted molar refractivity (Wildman–Crippen MR) is 115 cm³/mol. The summed E-state index contributed by atoms with van der Waals surface area (Å²) >= 11 is 0. The largest absolute Gasteiger partial charge is 0.324 e. The Labute approximate surface area is 175 Å². The third kappa shape index (κ3) is 3.08. The quantitative estimate of drug-likeness (QED) is 0.595.